The third-order valence-electron chi connectivity index (χ3n) is 2.65. The fourth-order valence-electron chi connectivity index (χ4n) is 1.84. The molecule has 0 saturated heterocycles. The van der Waals surface area contributed by atoms with Crippen LogP contribution in [0.3, 0.4) is 0 Å². The molecule has 0 bridgehead atoms. The number of hydrogen-bond acceptors (Lipinski definition) is 2. The Morgan fingerprint density at radius 1 is 1.00 bits per heavy atom. The van der Waals surface area contributed by atoms with Gasteiger partial charge in [0.1, 0.15) is 0 Å². The number of nitrogens with zero attached hydrogens (tertiary/aromatic N) is 1. The Balaban J connectivity index is 2.32. The van der Waals surface area contributed by atoms with Gasteiger partial charge in [0, 0.05) is 13.0 Å². The molecule has 0 spiro atoms. The molecular formula is C12H23NO. The summed E-state index contributed by atoms with van der Waals surface area (Å²) in [7, 11) is 0. The second-order valence-electron chi connectivity index (χ2n) is 3.93. The first-order chi connectivity index (χ1) is 6.93. The highest BCUT2D eigenvalue weighted by molar-refractivity contribution is 5.75. The van der Waals surface area contributed by atoms with E-state index in [-0.39, 0.29) is 0 Å². The molecule has 1 rings (SSSR count). The topological polar surface area (TPSA) is 21.6 Å². The van der Waals surface area contributed by atoms with E-state index >= 15 is 0 Å². The molecule has 0 saturated carbocycles. The van der Waals surface area contributed by atoms with Crippen molar-refractivity contribution >= 4 is 5.90 Å². The van der Waals surface area contributed by atoms with E-state index in [4.69, 9.17) is 4.74 Å². The zero-order chi connectivity index (χ0) is 10.1. The van der Waals surface area contributed by atoms with Crippen molar-refractivity contribution in [1.29, 1.82) is 0 Å². The smallest absolute Gasteiger partial charge is 0.183 e. The molecule has 0 atom stereocenters. The molecule has 0 aromatic heterocycles. The minimum absolute atomic E-state index is 0.763. The van der Waals surface area contributed by atoms with Crippen molar-refractivity contribution in [1.82, 2.24) is 0 Å². The van der Waals surface area contributed by atoms with Gasteiger partial charge in [-0.15, -0.1) is 0 Å². The molecule has 0 unspecified atom stereocenters. The van der Waals surface area contributed by atoms with Crippen LogP contribution < -0.4 is 0 Å². The van der Waals surface area contributed by atoms with Gasteiger partial charge in [-0.25, -0.2) is 0 Å². The summed E-state index contributed by atoms with van der Waals surface area (Å²) < 4.78 is 5.51. The second kappa shape index (κ2) is 7.84. The van der Waals surface area contributed by atoms with Crippen LogP contribution in [0.1, 0.15) is 58.3 Å². The lowest BCUT2D eigenvalue weighted by molar-refractivity contribution is 0.314. The van der Waals surface area contributed by atoms with Crippen LogP contribution in [0.2, 0.25) is 0 Å². The largest absolute Gasteiger partial charge is 0.481 e. The zero-order valence-corrected chi connectivity index (χ0v) is 9.43. The Labute approximate surface area is 87.8 Å². The van der Waals surface area contributed by atoms with E-state index in [9.17, 15) is 0 Å². The first-order valence-electron chi connectivity index (χ1n) is 6.09. The Kier molecular flexibility index (Phi) is 6.46. The van der Waals surface area contributed by atoms with E-state index in [1.165, 1.54) is 44.9 Å². The van der Waals surface area contributed by atoms with Crippen molar-refractivity contribution in [2.24, 2.45) is 4.99 Å². The van der Waals surface area contributed by atoms with Crippen molar-refractivity contribution in [3.63, 3.8) is 0 Å². The molecule has 0 aromatic carbocycles. The van der Waals surface area contributed by atoms with Crippen LogP contribution in [0, 0.1) is 0 Å². The van der Waals surface area contributed by atoms with E-state index in [1.807, 2.05) is 6.92 Å². The maximum atomic E-state index is 5.51. The summed E-state index contributed by atoms with van der Waals surface area (Å²) in [5, 5.41) is 0. The van der Waals surface area contributed by atoms with E-state index in [2.05, 4.69) is 4.99 Å². The van der Waals surface area contributed by atoms with Gasteiger partial charge < -0.3 is 4.74 Å². The van der Waals surface area contributed by atoms with Crippen molar-refractivity contribution in [2.45, 2.75) is 58.3 Å². The van der Waals surface area contributed by atoms with Gasteiger partial charge in [0.15, 0.2) is 5.90 Å². The average molecular weight is 197 g/mol. The van der Waals surface area contributed by atoms with Gasteiger partial charge in [-0.2, -0.15) is 0 Å². The van der Waals surface area contributed by atoms with Crippen molar-refractivity contribution in [2.75, 3.05) is 13.2 Å². The highest BCUT2D eigenvalue weighted by Gasteiger charge is 2.01. The van der Waals surface area contributed by atoms with Gasteiger partial charge in [0.2, 0.25) is 0 Å². The summed E-state index contributed by atoms with van der Waals surface area (Å²) in [6, 6.07) is 0. The molecule has 0 aliphatic carbocycles. The Morgan fingerprint density at radius 2 is 1.64 bits per heavy atom. The summed E-state index contributed by atoms with van der Waals surface area (Å²) in [5.41, 5.74) is 0. The quantitative estimate of drug-likeness (QED) is 0.630. The average Bonchev–Trinajstić information content (AvgIpc) is 2.24. The van der Waals surface area contributed by atoms with Crippen LogP contribution in [-0.4, -0.2) is 19.0 Å². The Morgan fingerprint density at radius 3 is 2.36 bits per heavy atom. The summed E-state index contributed by atoms with van der Waals surface area (Å²) in [6.07, 6.45) is 10.4. The maximum Gasteiger partial charge on any atom is 0.183 e. The lowest BCUT2D eigenvalue weighted by atomic mass is 10.1. The Hall–Kier alpha value is -0.530. The number of ether oxygens (including phenoxy) is 1. The number of hydrogen-bond donors (Lipinski definition) is 0. The molecule has 0 radical (unpaired) electrons. The van der Waals surface area contributed by atoms with Gasteiger partial charge >= 0.3 is 0 Å². The molecular weight excluding hydrogens is 174 g/mol. The molecule has 1 aliphatic rings. The first-order valence-corrected chi connectivity index (χ1v) is 6.09. The van der Waals surface area contributed by atoms with Gasteiger partial charge in [-0.1, -0.05) is 32.1 Å². The molecule has 1 heterocycles. The number of aliphatic imine (C=N–C) groups is 1. The maximum absolute atomic E-state index is 5.51. The SMILES string of the molecule is CCOC1=NCCCCCCCCC1. The molecule has 0 amide bonds. The van der Waals surface area contributed by atoms with Crippen LogP contribution in [0.4, 0.5) is 0 Å². The lowest BCUT2D eigenvalue weighted by Gasteiger charge is -2.06. The van der Waals surface area contributed by atoms with Crippen LogP contribution in [0.15, 0.2) is 4.99 Å². The van der Waals surface area contributed by atoms with Crippen molar-refractivity contribution in [3.05, 3.63) is 0 Å². The fraction of sp³-hybridized carbons (Fsp3) is 0.917. The minimum Gasteiger partial charge on any atom is -0.481 e. The normalized spacial score (nSPS) is 20.8. The van der Waals surface area contributed by atoms with E-state index in [0.29, 0.717) is 0 Å². The monoisotopic (exact) mass is 197 g/mol. The summed E-state index contributed by atoms with van der Waals surface area (Å²) in [4.78, 5) is 4.51. The standard InChI is InChI=1S/C12H23NO/c1-2-14-12-10-8-6-4-3-5-7-9-11-13-12/h2-11H2,1H3. The van der Waals surface area contributed by atoms with Gasteiger partial charge in [-0.05, 0) is 19.8 Å². The van der Waals surface area contributed by atoms with E-state index < -0.39 is 0 Å². The van der Waals surface area contributed by atoms with Gasteiger partial charge in [0.05, 0.1) is 6.61 Å². The lowest BCUT2D eigenvalue weighted by Crippen LogP contribution is -2.05. The molecule has 82 valence electrons. The Bertz CT molecular complexity index is 166. The third-order valence-corrected chi connectivity index (χ3v) is 2.65. The molecule has 14 heavy (non-hydrogen) atoms. The predicted molar refractivity (Wildman–Crippen MR) is 60.9 cm³/mol. The van der Waals surface area contributed by atoms with E-state index in [1.54, 1.807) is 0 Å². The number of rotatable bonds is 1. The van der Waals surface area contributed by atoms with Crippen molar-refractivity contribution in [3.8, 4) is 0 Å². The minimum atomic E-state index is 0.763. The third kappa shape index (κ3) is 5.25. The first kappa shape index (κ1) is 11.5. The summed E-state index contributed by atoms with van der Waals surface area (Å²) in [5.74, 6) is 0.995. The highest BCUT2D eigenvalue weighted by atomic mass is 16.5. The van der Waals surface area contributed by atoms with Crippen LogP contribution in [0.5, 0.6) is 0 Å². The summed E-state index contributed by atoms with van der Waals surface area (Å²) >= 11 is 0. The van der Waals surface area contributed by atoms with Gasteiger partial charge in [-0.3, -0.25) is 4.99 Å². The molecule has 0 aromatic rings. The van der Waals surface area contributed by atoms with Gasteiger partial charge in [0.25, 0.3) is 0 Å². The zero-order valence-electron chi connectivity index (χ0n) is 9.43. The molecule has 0 N–H and O–H groups in total. The molecule has 0 fully saturated rings. The highest BCUT2D eigenvalue weighted by Crippen LogP contribution is 2.11. The van der Waals surface area contributed by atoms with Crippen LogP contribution >= 0.6 is 0 Å². The van der Waals surface area contributed by atoms with Crippen molar-refractivity contribution < 1.29 is 4.74 Å². The molecule has 2 heteroatoms. The van der Waals surface area contributed by atoms with Crippen LogP contribution in [0.25, 0.3) is 0 Å². The second-order valence-corrected chi connectivity index (χ2v) is 3.93. The fourth-order valence-corrected chi connectivity index (χ4v) is 1.84. The predicted octanol–water partition coefficient (Wildman–Crippen LogP) is 3.56. The summed E-state index contributed by atoms with van der Waals surface area (Å²) in [6.45, 7) is 3.77. The van der Waals surface area contributed by atoms with E-state index in [0.717, 1.165) is 25.5 Å². The van der Waals surface area contributed by atoms with Crippen LogP contribution in [-0.2, 0) is 4.74 Å². The molecule has 1 aliphatic heterocycles. The molecule has 2 nitrogen and oxygen atoms in total.